The minimum atomic E-state index is -0.400. The van der Waals surface area contributed by atoms with Crippen molar-refractivity contribution in [2.45, 2.75) is 58.6 Å². The molecule has 4 atom stereocenters. The van der Waals surface area contributed by atoms with Gasteiger partial charge in [0.1, 0.15) is 12.1 Å². The number of nitrogens with one attached hydrogen (secondary N) is 1. The van der Waals surface area contributed by atoms with Gasteiger partial charge in [-0.25, -0.2) is 4.79 Å². The lowest BCUT2D eigenvalue weighted by atomic mass is 9.75. The van der Waals surface area contributed by atoms with E-state index in [4.69, 9.17) is 4.74 Å². The molecule has 4 nitrogen and oxygen atoms in total. The second-order valence-electron chi connectivity index (χ2n) is 6.13. The van der Waals surface area contributed by atoms with Gasteiger partial charge in [-0.05, 0) is 30.6 Å². The highest BCUT2D eigenvalue weighted by Gasteiger charge is 2.38. The van der Waals surface area contributed by atoms with Crippen molar-refractivity contribution < 1.29 is 14.3 Å². The first kappa shape index (κ1) is 13.4. The largest absolute Gasteiger partial charge is 0.461 e. The third-order valence-electron chi connectivity index (χ3n) is 4.24. The zero-order chi connectivity index (χ0) is 13.3. The molecule has 1 amide bonds. The Hall–Kier alpha value is -1.06. The van der Waals surface area contributed by atoms with Crippen molar-refractivity contribution in [1.82, 2.24) is 5.32 Å². The Balaban J connectivity index is 1.91. The van der Waals surface area contributed by atoms with E-state index in [9.17, 15) is 9.59 Å². The maximum absolute atomic E-state index is 11.9. The Kier molecular flexibility index (Phi) is 3.93. The first-order chi connectivity index (χ1) is 8.47. The van der Waals surface area contributed by atoms with E-state index in [-0.39, 0.29) is 24.4 Å². The lowest BCUT2D eigenvalue weighted by Gasteiger charge is -2.38. The molecule has 0 bridgehead atoms. The van der Waals surface area contributed by atoms with Crippen molar-refractivity contribution in [3.05, 3.63) is 0 Å². The lowest BCUT2D eigenvalue weighted by molar-refractivity contribution is -0.163. The van der Waals surface area contributed by atoms with E-state index in [1.165, 1.54) is 6.42 Å². The van der Waals surface area contributed by atoms with E-state index in [1.807, 2.05) is 0 Å². The Bertz CT molecular complexity index is 332. The lowest BCUT2D eigenvalue weighted by Crippen LogP contribution is -2.55. The summed E-state index contributed by atoms with van der Waals surface area (Å²) in [6.07, 6.45) is 3.62. The normalized spacial score (nSPS) is 35.9. The summed E-state index contributed by atoms with van der Waals surface area (Å²) in [6, 6.07) is -0.400. The number of β-lactam (4-membered cyclic amide) rings is 1. The first-order valence-corrected chi connectivity index (χ1v) is 6.97. The molecule has 2 rings (SSSR count). The molecule has 1 saturated heterocycles. The van der Waals surface area contributed by atoms with Gasteiger partial charge in [0.15, 0.2) is 0 Å². The number of esters is 1. The highest BCUT2D eigenvalue weighted by atomic mass is 16.5. The maximum atomic E-state index is 11.9. The number of amides is 1. The second-order valence-corrected chi connectivity index (χ2v) is 6.13. The molecule has 0 spiro atoms. The standard InChI is InChI=1S/C14H23NO3/c1-8(2)10-5-4-9(3)6-12(10)18-14(17)11-7-13(16)15-11/h8-12H,4-7H2,1-3H3,(H,15,16)/t9-,10-,11-,12+/m0/s1. The number of carbonyl (C=O) groups excluding carboxylic acids is 2. The third-order valence-corrected chi connectivity index (χ3v) is 4.24. The predicted molar refractivity (Wildman–Crippen MR) is 67.8 cm³/mol. The average molecular weight is 253 g/mol. The fourth-order valence-corrected chi connectivity index (χ4v) is 2.98. The summed E-state index contributed by atoms with van der Waals surface area (Å²) in [4.78, 5) is 22.7. The van der Waals surface area contributed by atoms with Crippen LogP contribution in [-0.4, -0.2) is 24.0 Å². The SMILES string of the molecule is CC(C)[C@@H]1CC[C@H](C)C[C@H]1OC(=O)[C@@H]1CC(=O)N1. The van der Waals surface area contributed by atoms with Crippen molar-refractivity contribution in [2.75, 3.05) is 0 Å². The molecular weight excluding hydrogens is 230 g/mol. The number of rotatable bonds is 3. The topological polar surface area (TPSA) is 55.4 Å². The van der Waals surface area contributed by atoms with Gasteiger partial charge in [0, 0.05) is 0 Å². The van der Waals surface area contributed by atoms with Gasteiger partial charge in [0.25, 0.3) is 0 Å². The molecule has 1 aliphatic carbocycles. The van der Waals surface area contributed by atoms with Crippen molar-refractivity contribution in [1.29, 1.82) is 0 Å². The van der Waals surface area contributed by atoms with Gasteiger partial charge in [-0.15, -0.1) is 0 Å². The predicted octanol–water partition coefficient (Wildman–Crippen LogP) is 1.88. The molecular formula is C14H23NO3. The van der Waals surface area contributed by atoms with Crippen LogP contribution in [0.15, 0.2) is 0 Å². The van der Waals surface area contributed by atoms with E-state index in [2.05, 4.69) is 26.1 Å². The summed E-state index contributed by atoms with van der Waals surface area (Å²) in [7, 11) is 0. The van der Waals surface area contributed by atoms with Crippen molar-refractivity contribution in [3.8, 4) is 0 Å². The minimum Gasteiger partial charge on any atom is -0.461 e. The van der Waals surface area contributed by atoms with Gasteiger partial charge in [-0.3, -0.25) is 4.79 Å². The number of carbonyl (C=O) groups is 2. The molecule has 4 heteroatoms. The van der Waals surface area contributed by atoms with E-state index in [0.29, 0.717) is 17.8 Å². The number of ether oxygens (including phenoxy) is 1. The molecule has 0 aromatic rings. The molecule has 1 aliphatic heterocycles. The molecule has 2 fully saturated rings. The Morgan fingerprint density at radius 2 is 2.06 bits per heavy atom. The smallest absolute Gasteiger partial charge is 0.329 e. The molecule has 2 aliphatic rings. The molecule has 1 heterocycles. The van der Waals surface area contributed by atoms with E-state index >= 15 is 0 Å². The summed E-state index contributed by atoms with van der Waals surface area (Å²) >= 11 is 0. The zero-order valence-electron chi connectivity index (χ0n) is 11.4. The summed E-state index contributed by atoms with van der Waals surface area (Å²) < 4.78 is 5.63. The van der Waals surface area contributed by atoms with Crippen LogP contribution in [0.5, 0.6) is 0 Å². The molecule has 1 saturated carbocycles. The van der Waals surface area contributed by atoms with E-state index in [0.717, 1.165) is 12.8 Å². The third kappa shape index (κ3) is 2.85. The number of hydrogen-bond acceptors (Lipinski definition) is 3. The Morgan fingerprint density at radius 3 is 2.61 bits per heavy atom. The van der Waals surface area contributed by atoms with Crippen LogP contribution in [0, 0.1) is 17.8 Å². The Labute approximate surface area is 108 Å². The van der Waals surface area contributed by atoms with Crippen LogP contribution in [0.3, 0.4) is 0 Å². The highest BCUT2D eigenvalue weighted by molar-refractivity contribution is 5.94. The fraction of sp³-hybridized carbons (Fsp3) is 0.857. The Morgan fingerprint density at radius 1 is 1.39 bits per heavy atom. The average Bonchev–Trinajstić information content (AvgIpc) is 2.24. The molecule has 1 N–H and O–H groups in total. The van der Waals surface area contributed by atoms with E-state index < -0.39 is 6.04 Å². The molecule has 0 aromatic carbocycles. The van der Waals surface area contributed by atoms with Crippen LogP contribution in [0.25, 0.3) is 0 Å². The quantitative estimate of drug-likeness (QED) is 0.617. The molecule has 0 unspecified atom stereocenters. The van der Waals surface area contributed by atoms with Gasteiger partial charge in [0.2, 0.25) is 5.91 Å². The van der Waals surface area contributed by atoms with Crippen LogP contribution >= 0.6 is 0 Å². The zero-order valence-corrected chi connectivity index (χ0v) is 11.4. The van der Waals surface area contributed by atoms with Gasteiger partial charge >= 0.3 is 5.97 Å². The molecule has 0 aromatic heterocycles. The van der Waals surface area contributed by atoms with Crippen LogP contribution in [-0.2, 0) is 14.3 Å². The van der Waals surface area contributed by atoms with Gasteiger partial charge in [-0.1, -0.05) is 27.2 Å². The maximum Gasteiger partial charge on any atom is 0.329 e. The van der Waals surface area contributed by atoms with E-state index in [1.54, 1.807) is 0 Å². The summed E-state index contributed by atoms with van der Waals surface area (Å²) in [5.74, 6) is 1.30. The van der Waals surface area contributed by atoms with Crippen LogP contribution in [0.4, 0.5) is 0 Å². The molecule has 0 radical (unpaired) electrons. The van der Waals surface area contributed by atoms with Gasteiger partial charge in [-0.2, -0.15) is 0 Å². The van der Waals surface area contributed by atoms with Crippen LogP contribution in [0.1, 0.15) is 46.5 Å². The van der Waals surface area contributed by atoms with Gasteiger partial charge in [0.05, 0.1) is 6.42 Å². The summed E-state index contributed by atoms with van der Waals surface area (Å²) in [6.45, 7) is 6.59. The minimum absolute atomic E-state index is 0.0266. The fourth-order valence-electron chi connectivity index (χ4n) is 2.98. The van der Waals surface area contributed by atoms with Crippen LogP contribution < -0.4 is 5.32 Å². The molecule has 18 heavy (non-hydrogen) atoms. The summed E-state index contributed by atoms with van der Waals surface area (Å²) in [5.41, 5.74) is 0. The van der Waals surface area contributed by atoms with Crippen molar-refractivity contribution >= 4 is 11.9 Å². The van der Waals surface area contributed by atoms with Gasteiger partial charge < -0.3 is 10.1 Å². The monoisotopic (exact) mass is 253 g/mol. The highest BCUT2D eigenvalue weighted by Crippen LogP contribution is 2.35. The molecule has 102 valence electrons. The van der Waals surface area contributed by atoms with Crippen molar-refractivity contribution in [3.63, 3.8) is 0 Å². The first-order valence-electron chi connectivity index (χ1n) is 6.97. The second kappa shape index (κ2) is 5.29. The summed E-state index contributed by atoms with van der Waals surface area (Å²) in [5, 5.41) is 2.57. The van der Waals surface area contributed by atoms with Crippen LogP contribution in [0.2, 0.25) is 0 Å². The van der Waals surface area contributed by atoms with Crippen molar-refractivity contribution in [2.24, 2.45) is 17.8 Å². The number of hydrogen-bond donors (Lipinski definition) is 1.